The van der Waals surface area contributed by atoms with E-state index < -0.39 is 0 Å². The average Bonchev–Trinajstić information content (AvgIpc) is 2.99. The minimum absolute atomic E-state index is 0.762. The Kier molecular flexibility index (Phi) is 4.86. The van der Waals surface area contributed by atoms with Crippen molar-refractivity contribution in [1.29, 1.82) is 0 Å². The molecule has 0 aliphatic heterocycles. The summed E-state index contributed by atoms with van der Waals surface area (Å²) in [6.07, 6.45) is 10.3. The van der Waals surface area contributed by atoms with Gasteiger partial charge in [0, 0.05) is 12.6 Å². The minimum atomic E-state index is 0.762. The molecule has 1 aromatic heterocycles. The Balaban J connectivity index is 1.53. The fourth-order valence-electron chi connectivity index (χ4n) is 2.29. The van der Waals surface area contributed by atoms with Crippen molar-refractivity contribution in [2.24, 2.45) is 0 Å². The highest BCUT2D eigenvalue weighted by Gasteiger charge is 2.13. The molecular formula is C13H23N3O. The molecule has 0 atom stereocenters. The lowest BCUT2D eigenvalue weighted by molar-refractivity contribution is 0.304. The summed E-state index contributed by atoms with van der Waals surface area (Å²) >= 11 is 0. The number of ether oxygens (including phenoxy) is 1. The monoisotopic (exact) mass is 237 g/mol. The van der Waals surface area contributed by atoms with Crippen LogP contribution in [0, 0.1) is 0 Å². The zero-order chi connectivity index (χ0) is 11.9. The van der Waals surface area contributed by atoms with Gasteiger partial charge in [0.1, 0.15) is 0 Å². The van der Waals surface area contributed by atoms with Crippen molar-refractivity contribution < 1.29 is 4.74 Å². The number of nitrogens with one attached hydrogen (secondary N) is 1. The van der Waals surface area contributed by atoms with E-state index in [2.05, 4.69) is 17.3 Å². The number of rotatable bonds is 7. The van der Waals surface area contributed by atoms with Crippen LogP contribution in [0.15, 0.2) is 12.4 Å². The molecule has 17 heavy (non-hydrogen) atoms. The molecule has 4 heteroatoms. The Labute approximate surface area is 103 Å². The summed E-state index contributed by atoms with van der Waals surface area (Å²) in [4.78, 5) is 0. The summed E-state index contributed by atoms with van der Waals surface area (Å²) in [6.45, 7) is 4.80. The van der Waals surface area contributed by atoms with Gasteiger partial charge < -0.3 is 10.1 Å². The van der Waals surface area contributed by atoms with Gasteiger partial charge in [-0.2, -0.15) is 5.10 Å². The topological polar surface area (TPSA) is 39.1 Å². The first-order valence-electron chi connectivity index (χ1n) is 6.77. The van der Waals surface area contributed by atoms with Gasteiger partial charge in [-0.05, 0) is 32.7 Å². The summed E-state index contributed by atoms with van der Waals surface area (Å²) in [5.74, 6) is 0.882. The molecule has 0 unspecified atom stereocenters. The first-order chi connectivity index (χ1) is 8.38. The third-order valence-electron chi connectivity index (χ3n) is 3.31. The molecule has 1 fully saturated rings. The lowest BCUT2D eigenvalue weighted by atomic mass is 10.2. The number of hydrogen-bond acceptors (Lipinski definition) is 3. The maximum atomic E-state index is 5.63. The first-order valence-corrected chi connectivity index (χ1v) is 6.77. The standard InChI is InChI=1S/C13H23N3O/c1-2-16-11-13(10-15-16)17-9-5-8-14-12-6-3-4-7-12/h10-12,14H,2-9H2,1H3. The van der Waals surface area contributed by atoms with E-state index in [-0.39, 0.29) is 0 Å². The van der Waals surface area contributed by atoms with Crippen LogP contribution in [0.4, 0.5) is 0 Å². The molecule has 1 aromatic rings. The molecule has 4 nitrogen and oxygen atoms in total. The molecule has 0 bridgehead atoms. The van der Waals surface area contributed by atoms with Crippen LogP contribution in [0.1, 0.15) is 39.0 Å². The van der Waals surface area contributed by atoms with Crippen LogP contribution in [0.5, 0.6) is 5.75 Å². The molecule has 1 heterocycles. The molecule has 0 amide bonds. The van der Waals surface area contributed by atoms with E-state index in [9.17, 15) is 0 Å². The second-order valence-electron chi connectivity index (χ2n) is 4.67. The van der Waals surface area contributed by atoms with Gasteiger partial charge >= 0.3 is 0 Å². The van der Waals surface area contributed by atoms with Crippen molar-refractivity contribution in [1.82, 2.24) is 15.1 Å². The largest absolute Gasteiger partial charge is 0.490 e. The number of aryl methyl sites for hydroxylation is 1. The summed E-state index contributed by atoms with van der Waals surface area (Å²) in [5, 5.41) is 7.76. The van der Waals surface area contributed by atoms with Crippen LogP contribution >= 0.6 is 0 Å². The van der Waals surface area contributed by atoms with Gasteiger partial charge in [0.2, 0.25) is 0 Å². The lowest BCUT2D eigenvalue weighted by Gasteiger charge is -2.11. The van der Waals surface area contributed by atoms with E-state index in [0.29, 0.717) is 0 Å². The summed E-state index contributed by atoms with van der Waals surface area (Å²) in [5.41, 5.74) is 0. The maximum Gasteiger partial charge on any atom is 0.157 e. The molecule has 2 rings (SSSR count). The number of hydrogen-bond donors (Lipinski definition) is 1. The predicted octanol–water partition coefficient (Wildman–Crippen LogP) is 2.20. The summed E-state index contributed by atoms with van der Waals surface area (Å²) in [7, 11) is 0. The van der Waals surface area contributed by atoms with E-state index in [4.69, 9.17) is 4.74 Å². The van der Waals surface area contributed by atoms with Crippen LogP contribution in [0.2, 0.25) is 0 Å². The molecule has 1 aliphatic rings. The SMILES string of the molecule is CCn1cc(OCCCNC2CCCC2)cn1. The molecule has 1 saturated carbocycles. The third-order valence-corrected chi connectivity index (χ3v) is 3.31. The van der Waals surface area contributed by atoms with Crippen LogP contribution in [0.25, 0.3) is 0 Å². The van der Waals surface area contributed by atoms with Crippen LogP contribution < -0.4 is 10.1 Å². The molecule has 0 radical (unpaired) electrons. The van der Waals surface area contributed by atoms with Gasteiger partial charge in [-0.25, -0.2) is 0 Å². The smallest absolute Gasteiger partial charge is 0.157 e. The molecule has 0 saturated heterocycles. The van der Waals surface area contributed by atoms with Crippen molar-refractivity contribution >= 4 is 0 Å². The third kappa shape index (κ3) is 4.04. The van der Waals surface area contributed by atoms with Crippen molar-refractivity contribution in [2.45, 2.75) is 51.6 Å². The van der Waals surface area contributed by atoms with Gasteiger partial charge in [0.25, 0.3) is 0 Å². The predicted molar refractivity (Wildman–Crippen MR) is 68.3 cm³/mol. The molecule has 0 aromatic carbocycles. The van der Waals surface area contributed by atoms with Gasteiger partial charge in [0.05, 0.1) is 19.0 Å². The van der Waals surface area contributed by atoms with Crippen LogP contribution in [-0.2, 0) is 6.54 Å². The summed E-state index contributed by atoms with van der Waals surface area (Å²) < 4.78 is 7.51. The van der Waals surface area contributed by atoms with Crippen LogP contribution in [-0.4, -0.2) is 29.0 Å². The molecule has 1 aliphatic carbocycles. The average molecular weight is 237 g/mol. The van der Waals surface area contributed by atoms with Gasteiger partial charge in [-0.15, -0.1) is 0 Å². The van der Waals surface area contributed by atoms with E-state index in [1.807, 2.05) is 10.9 Å². The van der Waals surface area contributed by atoms with Crippen molar-refractivity contribution in [3.8, 4) is 5.75 Å². The second kappa shape index (κ2) is 6.64. The Hall–Kier alpha value is -1.03. The van der Waals surface area contributed by atoms with Crippen molar-refractivity contribution in [3.63, 3.8) is 0 Å². The van der Waals surface area contributed by atoms with E-state index >= 15 is 0 Å². The van der Waals surface area contributed by atoms with E-state index in [0.717, 1.165) is 37.9 Å². The van der Waals surface area contributed by atoms with Gasteiger partial charge in [0.15, 0.2) is 5.75 Å². The normalized spacial score (nSPS) is 16.5. The zero-order valence-corrected chi connectivity index (χ0v) is 10.7. The quantitative estimate of drug-likeness (QED) is 0.739. The van der Waals surface area contributed by atoms with Crippen molar-refractivity contribution in [2.75, 3.05) is 13.2 Å². The lowest BCUT2D eigenvalue weighted by Crippen LogP contribution is -2.27. The highest BCUT2D eigenvalue weighted by Crippen LogP contribution is 2.17. The fraction of sp³-hybridized carbons (Fsp3) is 0.769. The minimum Gasteiger partial charge on any atom is -0.490 e. The first kappa shape index (κ1) is 12.4. The Morgan fingerprint density at radius 3 is 3.00 bits per heavy atom. The van der Waals surface area contributed by atoms with Gasteiger partial charge in [-0.3, -0.25) is 4.68 Å². The maximum absolute atomic E-state index is 5.63. The molecule has 96 valence electrons. The van der Waals surface area contributed by atoms with Gasteiger partial charge in [-0.1, -0.05) is 12.8 Å². The molecule has 1 N–H and O–H groups in total. The van der Waals surface area contributed by atoms with Crippen molar-refractivity contribution in [3.05, 3.63) is 12.4 Å². The molecule has 0 spiro atoms. The number of nitrogens with zero attached hydrogens (tertiary/aromatic N) is 2. The summed E-state index contributed by atoms with van der Waals surface area (Å²) in [6, 6.07) is 0.762. The Bertz CT molecular complexity index is 318. The van der Waals surface area contributed by atoms with E-state index in [1.54, 1.807) is 6.20 Å². The Morgan fingerprint density at radius 1 is 1.47 bits per heavy atom. The fourth-order valence-corrected chi connectivity index (χ4v) is 2.29. The molecular weight excluding hydrogens is 214 g/mol. The van der Waals surface area contributed by atoms with Crippen LogP contribution in [0.3, 0.4) is 0 Å². The Morgan fingerprint density at radius 2 is 2.29 bits per heavy atom. The zero-order valence-electron chi connectivity index (χ0n) is 10.7. The number of aromatic nitrogens is 2. The highest BCUT2D eigenvalue weighted by molar-refractivity contribution is 5.11. The van der Waals surface area contributed by atoms with E-state index in [1.165, 1.54) is 25.7 Å². The highest BCUT2D eigenvalue weighted by atomic mass is 16.5. The second-order valence-corrected chi connectivity index (χ2v) is 4.67.